The molecule has 1 aromatic heterocycles. The van der Waals surface area contributed by atoms with Gasteiger partial charge in [-0.3, -0.25) is 9.78 Å². The molecule has 2 rings (SSSR count). The van der Waals surface area contributed by atoms with E-state index in [4.69, 9.17) is 0 Å². The summed E-state index contributed by atoms with van der Waals surface area (Å²) < 4.78 is 12.7. The average Bonchev–Trinajstić information content (AvgIpc) is 2.48. The molecule has 1 aromatic carbocycles. The van der Waals surface area contributed by atoms with Crippen LogP contribution in [0.15, 0.2) is 53.8 Å². The lowest BCUT2D eigenvalue weighted by molar-refractivity contribution is -0.120. The summed E-state index contributed by atoms with van der Waals surface area (Å²) in [5.74, 6) is -0.579. The first kappa shape index (κ1) is 13.9. The fourth-order valence-electron chi connectivity index (χ4n) is 1.61. The van der Waals surface area contributed by atoms with Crippen LogP contribution in [0.4, 0.5) is 4.39 Å². The Kier molecular flexibility index (Phi) is 4.55. The van der Waals surface area contributed by atoms with E-state index in [-0.39, 0.29) is 18.1 Å². The van der Waals surface area contributed by atoms with E-state index in [0.717, 1.165) is 5.56 Å². The summed E-state index contributed by atoms with van der Waals surface area (Å²) >= 11 is 0. The van der Waals surface area contributed by atoms with Gasteiger partial charge in [0.2, 0.25) is 5.91 Å². The smallest absolute Gasteiger partial charge is 0.244 e. The number of hydrogen-bond acceptors (Lipinski definition) is 3. The van der Waals surface area contributed by atoms with E-state index in [1.54, 1.807) is 25.3 Å². The molecule has 0 aliphatic heterocycles. The second kappa shape index (κ2) is 6.56. The number of amides is 1. The lowest BCUT2D eigenvalue weighted by Gasteiger charge is -2.02. The van der Waals surface area contributed by atoms with Crippen molar-refractivity contribution in [1.29, 1.82) is 0 Å². The molecular formula is C15H14FN3O. The summed E-state index contributed by atoms with van der Waals surface area (Å²) in [5, 5.41) is 3.99. The van der Waals surface area contributed by atoms with Gasteiger partial charge in [-0.1, -0.05) is 18.2 Å². The molecule has 0 atom stereocenters. The maximum absolute atomic E-state index is 12.7. The van der Waals surface area contributed by atoms with Crippen LogP contribution < -0.4 is 5.43 Å². The Balaban J connectivity index is 1.93. The molecule has 0 aliphatic rings. The summed E-state index contributed by atoms with van der Waals surface area (Å²) in [7, 11) is 0. The van der Waals surface area contributed by atoms with Crippen molar-refractivity contribution >= 4 is 11.6 Å². The first-order valence-corrected chi connectivity index (χ1v) is 6.14. The van der Waals surface area contributed by atoms with Crippen LogP contribution in [-0.4, -0.2) is 16.6 Å². The number of carbonyl (C=O) groups is 1. The van der Waals surface area contributed by atoms with Crippen LogP contribution in [0.5, 0.6) is 0 Å². The molecule has 0 spiro atoms. The molecule has 0 saturated carbocycles. The normalized spacial score (nSPS) is 11.2. The van der Waals surface area contributed by atoms with Crippen molar-refractivity contribution in [3.8, 4) is 0 Å². The molecule has 0 radical (unpaired) electrons. The van der Waals surface area contributed by atoms with E-state index in [9.17, 15) is 9.18 Å². The number of halogens is 1. The van der Waals surface area contributed by atoms with Crippen LogP contribution in [0.25, 0.3) is 0 Å². The lowest BCUT2D eigenvalue weighted by Crippen LogP contribution is -2.21. The van der Waals surface area contributed by atoms with Crippen molar-refractivity contribution < 1.29 is 9.18 Å². The predicted molar refractivity (Wildman–Crippen MR) is 74.7 cm³/mol. The van der Waals surface area contributed by atoms with E-state index >= 15 is 0 Å². The second-order valence-corrected chi connectivity index (χ2v) is 4.25. The first-order chi connectivity index (χ1) is 9.65. The molecule has 0 aliphatic carbocycles. The minimum absolute atomic E-state index is 0.152. The number of nitrogens with one attached hydrogen (secondary N) is 1. The van der Waals surface area contributed by atoms with Crippen molar-refractivity contribution in [1.82, 2.24) is 10.4 Å². The minimum atomic E-state index is -0.321. The molecule has 0 bridgehead atoms. The summed E-state index contributed by atoms with van der Waals surface area (Å²) in [6.45, 7) is 1.76. The van der Waals surface area contributed by atoms with Gasteiger partial charge in [-0.15, -0.1) is 0 Å². The molecule has 0 saturated heterocycles. The first-order valence-electron chi connectivity index (χ1n) is 6.14. The molecule has 1 amide bonds. The average molecular weight is 271 g/mol. The summed E-state index contributed by atoms with van der Waals surface area (Å²) in [5.41, 5.74) is 4.52. The summed E-state index contributed by atoms with van der Waals surface area (Å²) in [6.07, 6.45) is 1.81. The molecule has 5 heteroatoms. The van der Waals surface area contributed by atoms with Crippen LogP contribution in [0.2, 0.25) is 0 Å². The Labute approximate surface area is 116 Å². The van der Waals surface area contributed by atoms with Gasteiger partial charge in [0.1, 0.15) is 5.82 Å². The zero-order chi connectivity index (χ0) is 14.4. The van der Waals surface area contributed by atoms with Crippen molar-refractivity contribution in [2.75, 3.05) is 0 Å². The summed E-state index contributed by atoms with van der Waals surface area (Å²) in [6, 6.07) is 11.3. The standard InChI is InChI=1S/C15H14FN3O/c1-11(14-4-2-3-9-17-14)18-19-15(20)10-12-5-7-13(16)8-6-12/h2-9H,10H2,1H3,(H,19,20)/b18-11+. The molecule has 20 heavy (non-hydrogen) atoms. The molecule has 0 unspecified atom stereocenters. The maximum Gasteiger partial charge on any atom is 0.244 e. The number of carbonyl (C=O) groups excluding carboxylic acids is 1. The van der Waals surface area contributed by atoms with Crippen LogP contribution >= 0.6 is 0 Å². The largest absolute Gasteiger partial charge is 0.273 e. The molecule has 1 N–H and O–H groups in total. The monoisotopic (exact) mass is 271 g/mol. The van der Waals surface area contributed by atoms with Gasteiger partial charge in [0.15, 0.2) is 0 Å². The zero-order valence-corrected chi connectivity index (χ0v) is 11.0. The van der Waals surface area contributed by atoms with Gasteiger partial charge >= 0.3 is 0 Å². The quantitative estimate of drug-likeness (QED) is 0.685. The highest BCUT2D eigenvalue weighted by molar-refractivity contribution is 5.97. The fraction of sp³-hybridized carbons (Fsp3) is 0.133. The number of rotatable bonds is 4. The van der Waals surface area contributed by atoms with E-state index in [1.165, 1.54) is 12.1 Å². The fourth-order valence-corrected chi connectivity index (χ4v) is 1.61. The number of aromatic nitrogens is 1. The number of hydrogen-bond donors (Lipinski definition) is 1. The van der Waals surface area contributed by atoms with Crippen LogP contribution in [0.1, 0.15) is 18.2 Å². The highest BCUT2D eigenvalue weighted by Crippen LogP contribution is 2.03. The molecule has 0 fully saturated rings. The third-order valence-corrected chi connectivity index (χ3v) is 2.66. The van der Waals surface area contributed by atoms with Crippen molar-refractivity contribution in [3.05, 3.63) is 65.7 Å². The second-order valence-electron chi connectivity index (χ2n) is 4.25. The lowest BCUT2D eigenvalue weighted by atomic mass is 10.1. The molecule has 2 aromatic rings. The van der Waals surface area contributed by atoms with Gasteiger partial charge in [-0.2, -0.15) is 5.10 Å². The van der Waals surface area contributed by atoms with E-state index < -0.39 is 0 Å². The van der Waals surface area contributed by atoms with Gasteiger partial charge in [0.25, 0.3) is 0 Å². The van der Waals surface area contributed by atoms with Crippen molar-refractivity contribution in [2.45, 2.75) is 13.3 Å². The van der Waals surface area contributed by atoms with Crippen LogP contribution in [-0.2, 0) is 11.2 Å². The molecule has 102 valence electrons. The van der Waals surface area contributed by atoms with E-state index in [0.29, 0.717) is 11.4 Å². The third kappa shape index (κ3) is 3.98. The minimum Gasteiger partial charge on any atom is -0.273 e. The van der Waals surface area contributed by atoms with E-state index in [1.807, 2.05) is 18.2 Å². The van der Waals surface area contributed by atoms with Gasteiger partial charge in [-0.25, -0.2) is 9.82 Å². The molecular weight excluding hydrogens is 257 g/mol. The zero-order valence-electron chi connectivity index (χ0n) is 11.0. The Bertz CT molecular complexity index is 609. The Morgan fingerprint density at radius 3 is 2.65 bits per heavy atom. The Morgan fingerprint density at radius 1 is 1.25 bits per heavy atom. The maximum atomic E-state index is 12.7. The third-order valence-electron chi connectivity index (χ3n) is 2.66. The number of benzene rings is 1. The van der Waals surface area contributed by atoms with Gasteiger partial charge < -0.3 is 0 Å². The molecule has 1 heterocycles. The van der Waals surface area contributed by atoms with Gasteiger partial charge in [0.05, 0.1) is 17.8 Å². The highest BCUT2D eigenvalue weighted by atomic mass is 19.1. The summed E-state index contributed by atoms with van der Waals surface area (Å²) in [4.78, 5) is 15.8. The topological polar surface area (TPSA) is 54.4 Å². The SMILES string of the molecule is C/C(=N\NC(=O)Cc1ccc(F)cc1)c1ccccn1. The number of pyridine rings is 1. The van der Waals surface area contributed by atoms with Crippen molar-refractivity contribution in [2.24, 2.45) is 5.10 Å². The van der Waals surface area contributed by atoms with Gasteiger partial charge in [0, 0.05) is 6.20 Å². The van der Waals surface area contributed by atoms with E-state index in [2.05, 4.69) is 15.5 Å². The van der Waals surface area contributed by atoms with Crippen molar-refractivity contribution in [3.63, 3.8) is 0 Å². The van der Waals surface area contributed by atoms with Crippen LogP contribution in [0.3, 0.4) is 0 Å². The Hall–Kier alpha value is -2.56. The highest BCUT2D eigenvalue weighted by Gasteiger charge is 2.03. The predicted octanol–water partition coefficient (Wildman–Crippen LogP) is 2.30. The number of nitrogens with zero attached hydrogens (tertiary/aromatic N) is 2. The molecule has 4 nitrogen and oxygen atoms in total. The Morgan fingerprint density at radius 2 is 2.00 bits per heavy atom. The number of hydrazone groups is 1. The van der Waals surface area contributed by atoms with Crippen LogP contribution in [0, 0.1) is 5.82 Å². The van der Waals surface area contributed by atoms with Gasteiger partial charge in [-0.05, 0) is 36.8 Å².